The molecule has 2 rings (SSSR count). The van der Waals surface area contributed by atoms with E-state index < -0.39 is 6.04 Å². The quantitative estimate of drug-likeness (QED) is 0.664. The number of hydrogen-bond acceptors (Lipinski definition) is 2. The number of hydrazine groups is 1. The van der Waals surface area contributed by atoms with E-state index in [2.05, 4.69) is 21.4 Å². The van der Waals surface area contributed by atoms with Crippen LogP contribution >= 0.6 is 27.5 Å². The molecule has 1 unspecified atom stereocenters. The number of nitrogens with one attached hydrogen (secondary N) is 1. The first-order chi connectivity index (χ1) is 8.63. The summed E-state index contributed by atoms with van der Waals surface area (Å²) < 4.78 is 14.5. The van der Waals surface area contributed by atoms with Crippen molar-refractivity contribution in [1.82, 2.24) is 5.43 Å². The third-order valence-electron chi connectivity index (χ3n) is 2.66. The van der Waals surface area contributed by atoms with E-state index in [0.29, 0.717) is 10.6 Å². The van der Waals surface area contributed by atoms with Crippen molar-refractivity contribution in [2.45, 2.75) is 6.04 Å². The Morgan fingerprint density at radius 1 is 1.22 bits per heavy atom. The van der Waals surface area contributed by atoms with Crippen molar-refractivity contribution >= 4 is 27.5 Å². The maximum Gasteiger partial charge on any atom is 0.128 e. The summed E-state index contributed by atoms with van der Waals surface area (Å²) in [5.41, 5.74) is 3.95. The highest BCUT2D eigenvalue weighted by Gasteiger charge is 2.16. The summed E-state index contributed by atoms with van der Waals surface area (Å²) in [6.45, 7) is 0. The van der Waals surface area contributed by atoms with Crippen molar-refractivity contribution in [3.8, 4) is 0 Å². The van der Waals surface area contributed by atoms with Gasteiger partial charge in [0.1, 0.15) is 5.82 Å². The Bertz CT molecular complexity index is 562. The molecule has 0 aliphatic carbocycles. The van der Waals surface area contributed by atoms with Crippen LogP contribution in [0.5, 0.6) is 0 Å². The average Bonchev–Trinajstić information content (AvgIpc) is 2.37. The molecule has 0 bridgehead atoms. The van der Waals surface area contributed by atoms with Crippen molar-refractivity contribution in [2.24, 2.45) is 5.84 Å². The molecule has 94 valence electrons. The fraction of sp³-hybridized carbons (Fsp3) is 0.0769. The second kappa shape index (κ2) is 5.80. The molecule has 0 amide bonds. The Morgan fingerprint density at radius 3 is 2.56 bits per heavy atom. The highest BCUT2D eigenvalue weighted by Crippen LogP contribution is 2.29. The number of nitrogens with two attached hydrogens (primary N) is 1. The van der Waals surface area contributed by atoms with E-state index in [1.807, 2.05) is 12.1 Å². The van der Waals surface area contributed by atoms with Crippen molar-refractivity contribution in [2.75, 3.05) is 0 Å². The molecule has 2 aromatic carbocycles. The summed E-state index contributed by atoms with van der Waals surface area (Å²) in [7, 11) is 0. The number of halogens is 3. The fourth-order valence-electron chi connectivity index (χ4n) is 1.77. The molecule has 0 saturated heterocycles. The standard InChI is InChI=1S/C13H11BrClFN2/c14-10-7-8(5-6-11(10)15)13(18-17)9-3-1-2-4-12(9)16/h1-7,13,18H,17H2. The summed E-state index contributed by atoms with van der Waals surface area (Å²) >= 11 is 9.27. The second-order valence-corrected chi connectivity index (χ2v) is 5.06. The Kier molecular flexibility index (Phi) is 4.35. The van der Waals surface area contributed by atoms with Crippen LogP contribution in [0.4, 0.5) is 4.39 Å². The topological polar surface area (TPSA) is 38.0 Å². The normalized spacial score (nSPS) is 12.4. The lowest BCUT2D eigenvalue weighted by molar-refractivity contribution is 0.560. The number of hydrogen-bond donors (Lipinski definition) is 2. The number of rotatable bonds is 3. The first kappa shape index (κ1) is 13.5. The molecular weight excluding hydrogens is 319 g/mol. The smallest absolute Gasteiger partial charge is 0.128 e. The minimum absolute atomic E-state index is 0.300. The minimum atomic E-state index is -0.417. The molecule has 1 atom stereocenters. The molecule has 18 heavy (non-hydrogen) atoms. The van der Waals surface area contributed by atoms with Gasteiger partial charge in [-0.25, -0.2) is 9.82 Å². The third-order valence-corrected chi connectivity index (χ3v) is 3.87. The fourth-order valence-corrected chi connectivity index (χ4v) is 2.28. The SMILES string of the molecule is NNC(c1ccc(Cl)c(Br)c1)c1ccccc1F. The lowest BCUT2D eigenvalue weighted by Gasteiger charge is -2.18. The predicted molar refractivity (Wildman–Crippen MR) is 74.7 cm³/mol. The zero-order valence-electron chi connectivity index (χ0n) is 9.33. The van der Waals surface area contributed by atoms with Crippen LogP contribution in [-0.4, -0.2) is 0 Å². The van der Waals surface area contributed by atoms with Crippen LogP contribution in [0.25, 0.3) is 0 Å². The number of benzene rings is 2. The van der Waals surface area contributed by atoms with Crippen LogP contribution < -0.4 is 11.3 Å². The molecule has 3 N–H and O–H groups in total. The van der Waals surface area contributed by atoms with Crippen LogP contribution in [0.3, 0.4) is 0 Å². The Labute approximate surface area is 118 Å². The molecule has 0 saturated carbocycles. The molecular formula is C13H11BrClFN2. The van der Waals surface area contributed by atoms with Gasteiger partial charge in [0.05, 0.1) is 11.1 Å². The molecule has 2 nitrogen and oxygen atoms in total. The van der Waals surface area contributed by atoms with Gasteiger partial charge in [-0.2, -0.15) is 0 Å². The maximum absolute atomic E-state index is 13.8. The van der Waals surface area contributed by atoms with E-state index in [1.165, 1.54) is 6.07 Å². The van der Waals surface area contributed by atoms with Gasteiger partial charge in [0.15, 0.2) is 0 Å². The van der Waals surface area contributed by atoms with Crippen LogP contribution in [0.1, 0.15) is 17.2 Å². The van der Waals surface area contributed by atoms with E-state index in [-0.39, 0.29) is 5.82 Å². The van der Waals surface area contributed by atoms with E-state index >= 15 is 0 Å². The van der Waals surface area contributed by atoms with Gasteiger partial charge in [0, 0.05) is 10.0 Å². The first-order valence-electron chi connectivity index (χ1n) is 5.29. The van der Waals surface area contributed by atoms with Crippen molar-refractivity contribution < 1.29 is 4.39 Å². The van der Waals surface area contributed by atoms with Crippen molar-refractivity contribution in [3.63, 3.8) is 0 Å². The highest BCUT2D eigenvalue weighted by molar-refractivity contribution is 9.10. The zero-order valence-corrected chi connectivity index (χ0v) is 11.7. The van der Waals surface area contributed by atoms with Crippen LogP contribution in [-0.2, 0) is 0 Å². The molecule has 0 aromatic heterocycles. The molecule has 0 aliphatic heterocycles. The maximum atomic E-state index is 13.8. The van der Waals surface area contributed by atoms with Gasteiger partial charge < -0.3 is 0 Å². The first-order valence-corrected chi connectivity index (χ1v) is 6.46. The third kappa shape index (κ3) is 2.72. The lowest BCUT2D eigenvalue weighted by Crippen LogP contribution is -2.29. The van der Waals surface area contributed by atoms with Gasteiger partial charge in [0.25, 0.3) is 0 Å². The van der Waals surface area contributed by atoms with Gasteiger partial charge >= 0.3 is 0 Å². The van der Waals surface area contributed by atoms with Gasteiger partial charge in [-0.15, -0.1) is 0 Å². The van der Waals surface area contributed by atoms with E-state index in [9.17, 15) is 4.39 Å². The molecule has 0 fully saturated rings. The van der Waals surface area contributed by atoms with Gasteiger partial charge in [-0.1, -0.05) is 35.9 Å². The van der Waals surface area contributed by atoms with E-state index in [4.69, 9.17) is 17.4 Å². The van der Waals surface area contributed by atoms with E-state index in [0.717, 1.165) is 10.0 Å². The summed E-state index contributed by atoms with van der Waals surface area (Å²) in [5, 5.41) is 0.600. The zero-order chi connectivity index (χ0) is 13.1. The molecule has 2 aromatic rings. The van der Waals surface area contributed by atoms with Gasteiger partial charge in [0.2, 0.25) is 0 Å². The lowest BCUT2D eigenvalue weighted by atomic mass is 9.99. The predicted octanol–water partition coefficient (Wildman–Crippen LogP) is 3.79. The summed E-state index contributed by atoms with van der Waals surface area (Å²) in [6.07, 6.45) is 0. The molecule has 0 aliphatic rings. The van der Waals surface area contributed by atoms with Crippen LogP contribution in [0, 0.1) is 5.82 Å². The molecule has 0 radical (unpaired) electrons. The van der Waals surface area contributed by atoms with E-state index in [1.54, 1.807) is 24.3 Å². The van der Waals surface area contributed by atoms with Crippen molar-refractivity contribution in [1.29, 1.82) is 0 Å². The Morgan fingerprint density at radius 2 is 1.94 bits per heavy atom. The summed E-state index contributed by atoms with van der Waals surface area (Å²) in [6, 6.07) is 11.5. The minimum Gasteiger partial charge on any atom is -0.271 e. The Balaban J connectivity index is 2.45. The molecule has 0 heterocycles. The monoisotopic (exact) mass is 328 g/mol. The van der Waals surface area contributed by atoms with Gasteiger partial charge in [-0.3, -0.25) is 5.84 Å². The summed E-state index contributed by atoms with van der Waals surface area (Å²) in [4.78, 5) is 0. The molecule has 5 heteroatoms. The average molecular weight is 330 g/mol. The summed E-state index contributed by atoms with van der Waals surface area (Å²) in [5.74, 6) is 5.23. The van der Waals surface area contributed by atoms with Crippen LogP contribution in [0.2, 0.25) is 5.02 Å². The van der Waals surface area contributed by atoms with Crippen LogP contribution in [0.15, 0.2) is 46.9 Å². The second-order valence-electron chi connectivity index (χ2n) is 3.79. The highest BCUT2D eigenvalue weighted by atomic mass is 79.9. The molecule has 0 spiro atoms. The largest absolute Gasteiger partial charge is 0.271 e. The van der Waals surface area contributed by atoms with Crippen molar-refractivity contribution in [3.05, 3.63) is 68.9 Å². The van der Waals surface area contributed by atoms with Gasteiger partial charge in [-0.05, 0) is 39.7 Å². The Hall–Kier alpha value is -0.940.